The zero-order valence-corrected chi connectivity index (χ0v) is 27.2. The lowest BCUT2D eigenvalue weighted by atomic mass is 9.85. The summed E-state index contributed by atoms with van der Waals surface area (Å²) < 4.78 is 20.0. The van der Waals surface area contributed by atoms with Gasteiger partial charge in [0.15, 0.2) is 0 Å². The fourth-order valence-electron chi connectivity index (χ4n) is 8.77. The van der Waals surface area contributed by atoms with Crippen LogP contribution in [0.25, 0.3) is 120 Å². The largest absolute Gasteiger partial charge is 0.456 e. The zero-order valence-electron chi connectivity index (χ0n) is 27.2. The first-order valence-corrected chi connectivity index (χ1v) is 17.3. The van der Waals surface area contributed by atoms with Gasteiger partial charge in [-0.05, 0) is 56.6 Å². The Bertz CT molecular complexity index is 3370. The molecular weight excluding hydrogens is 625 g/mol. The normalized spacial score (nSPS) is 12.3. The van der Waals surface area contributed by atoms with E-state index in [0.717, 1.165) is 93.3 Å². The highest BCUT2D eigenvalue weighted by Gasteiger charge is 2.24. The van der Waals surface area contributed by atoms with Gasteiger partial charge in [0.2, 0.25) is 0 Å². The molecule has 0 saturated heterocycles. The highest BCUT2D eigenvalue weighted by atomic mass is 16.3. The number of furan rings is 3. The van der Waals surface area contributed by atoms with Crippen LogP contribution in [0, 0.1) is 0 Å². The molecular formula is C48H26O3. The van der Waals surface area contributed by atoms with E-state index in [1.54, 1.807) is 0 Å². The van der Waals surface area contributed by atoms with Crippen LogP contribution >= 0.6 is 0 Å². The minimum atomic E-state index is 0.849. The molecule has 3 heteroatoms. The number of hydrogen-bond acceptors (Lipinski definition) is 3. The number of benzene rings is 9. The van der Waals surface area contributed by atoms with E-state index in [9.17, 15) is 0 Å². The third-order valence-electron chi connectivity index (χ3n) is 10.9. The van der Waals surface area contributed by atoms with Crippen LogP contribution in [0.5, 0.6) is 0 Å². The second-order valence-electron chi connectivity index (χ2n) is 13.5. The molecule has 3 aromatic heterocycles. The predicted molar refractivity (Wildman–Crippen MR) is 212 cm³/mol. The molecule has 0 amide bonds. The molecule has 0 saturated carbocycles. The Morgan fingerprint density at radius 1 is 0.255 bits per heavy atom. The van der Waals surface area contributed by atoms with Gasteiger partial charge >= 0.3 is 0 Å². The van der Waals surface area contributed by atoms with Gasteiger partial charge in [0.1, 0.15) is 33.5 Å². The van der Waals surface area contributed by atoms with Gasteiger partial charge in [0, 0.05) is 54.6 Å². The van der Waals surface area contributed by atoms with Crippen LogP contribution in [0.4, 0.5) is 0 Å². The molecule has 3 heterocycles. The molecule has 0 atom stereocenters. The number of fused-ring (bicyclic) bond motifs is 14. The van der Waals surface area contributed by atoms with E-state index in [-0.39, 0.29) is 0 Å². The van der Waals surface area contributed by atoms with Crippen molar-refractivity contribution < 1.29 is 13.3 Å². The lowest BCUT2D eigenvalue weighted by molar-refractivity contribution is 0.663. The number of para-hydroxylation sites is 3. The first-order chi connectivity index (χ1) is 25.3. The highest BCUT2D eigenvalue weighted by Crippen LogP contribution is 2.49. The van der Waals surface area contributed by atoms with Crippen LogP contribution in [0.3, 0.4) is 0 Å². The Labute approximate surface area is 290 Å². The molecule has 0 spiro atoms. The van der Waals surface area contributed by atoms with Gasteiger partial charge in [-0.25, -0.2) is 0 Å². The average Bonchev–Trinajstić information content (AvgIpc) is 3.88. The summed E-state index contributed by atoms with van der Waals surface area (Å²) >= 11 is 0. The molecule has 12 rings (SSSR count). The lowest BCUT2D eigenvalue weighted by Crippen LogP contribution is -1.91. The van der Waals surface area contributed by atoms with Gasteiger partial charge in [-0.3, -0.25) is 0 Å². The summed E-state index contributed by atoms with van der Waals surface area (Å²) in [4.78, 5) is 0. The molecule has 9 aromatic carbocycles. The van der Waals surface area contributed by atoms with Gasteiger partial charge < -0.3 is 13.3 Å². The Balaban J connectivity index is 1.21. The molecule has 0 radical (unpaired) electrons. The molecule has 0 bridgehead atoms. The topological polar surface area (TPSA) is 39.4 Å². The molecule has 12 aromatic rings. The molecule has 0 fully saturated rings. The number of hydrogen-bond donors (Lipinski definition) is 0. The summed E-state index contributed by atoms with van der Waals surface area (Å²) in [5.74, 6) is 0. The van der Waals surface area contributed by atoms with Crippen molar-refractivity contribution in [3.05, 3.63) is 158 Å². The zero-order chi connectivity index (χ0) is 33.2. The van der Waals surface area contributed by atoms with Crippen molar-refractivity contribution in [3.8, 4) is 22.3 Å². The fraction of sp³-hybridized carbons (Fsp3) is 0. The molecule has 3 nitrogen and oxygen atoms in total. The summed E-state index contributed by atoms with van der Waals surface area (Å²) in [6, 6.07) is 55.7. The smallest absolute Gasteiger partial charge is 0.143 e. The Hall–Kier alpha value is -6.84. The maximum Gasteiger partial charge on any atom is 0.143 e. The summed E-state index contributed by atoms with van der Waals surface area (Å²) in [7, 11) is 0. The number of rotatable bonds is 2. The minimum Gasteiger partial charge on any atom is -0.456 e. The van der Waals surface area contributed by atoms with Crippen molar-refractivity contribution in [2.75, 3.05) is 0 Å². The first-order valence-electron chi connectivity index (χ1n) is 17.3. The van der Waals surface area contributed by atoms with Gasteiger partial charge in [-0.1, -0.05) is 133 Å². The van der Waals surface area contributed by atoms with E-state index in [1.165, 1.54) is 27.1 Å². The fourth-order valence-corrected chi connectivity index (χ4v) is 8.77. The molecule has 236 valence electrons. The minimum absolute atomic E-state index is 0.849. The predicted octanol–water partition coefficient (Wildman–Crippen LogP) is 14.2. The molecule has 0 N–H and O–H groups in total. The molecule has 0 aliphatic heterocycles. The van der Waals surface area contributed by atoms with Crippen molar-refractivity contribution in [2.45, 2.75) is 0 Å². The van der Waals surface area contributed by atoms with Crippen molar-refractivity contribution in [2.24, 2.45) is 0 Å². The Morgan fingerprint density at radius 2 is 0.706 bits per heavy atom. The summed E-state index contributed by atoms with van der Waals surface area (Å²) in [5, 5.41) is 13.7. The van der Waals surface area contributed by atoms with Crippen LogP contribution in [-0.2, 0) is 0 Å². The van der Waals surface area contributed by atoms with E-state index in [4.69, 9.17) is 13.3 Å². The highest BCUT2D eigenvalue weighted by molar-refractivity contribution is 6.32. The summed E-state index contributed by atoms with van der Waals surface area (Å²) in [6.07, 6.45) is 0. The maximum absolute atomic E-state index is 6.92. The molecule has 0 unspecified atom stereocenters. The van der Waals surface area contributed by atoms with Crippen LogP contribution in [0.2, 0.25) is 0 Å². The van der Waals surface area contributed by atoms with Crippen molar-refractivity contribution in [1.82, 2.24) is 0 Å². The molecule has 0 aliphatic carbocycles. The third-order valence-corrected chi connectivity index (χ3v) is 10.9. The van der Waals surface area contributed by atoms with Crippen molar-refractivity contribution >= 4 is 98.1 Å². The second-order valence-corrected chi connectivity index (χ2v) is 13.5. The van der Waals surface area contributed by atoms with E-state index in [1.807, 2.05) is 12.1 Å². The Morgan fingerprint density at radius 3 is 1.39 bits per heavy atom. The van der Waals surface area contributed by atoms with Crippen LogP contribution in [0.15, 0.2) is 171 Å². The average molecular weight is 651 g/mol. The van der Waals surface area contributed by atoms with Crippen molar-refractivity contribution in [1.29, 1.82) is 0 Å². The first kappa shape index (κ1) is 27.0. The van der Waals surface area contributed by atoms with E-state index < -0.39 is 0 Å². The summed E-state index contributed by atoms with van der Waals surface area (Å²) in [5.41, 5.74) is 9.76. The monoisotopic (exact) mass is 650 g/mol. The van der Waals surface area contributed by atoms with Gasteiger partial charge in [-0.2, -0.15) is 0 Å². The molecule has 51 heavy (non-hydrogen) atoms. The van der Waals surface area contributed by atoms with Crippen LogP contribution < -0.4 is 0 Å². The van der Waals surface area contributed by atoms with Gasteiger partial charge in [0.25, 0.3) is 0 Å². The lowest BCUT2D eigenvalue weighted by Gasteiger charge is -2.18. The standard InChI is InChI=1S/C48H26O3/c1-2-12-28-27(11-1)23-24-39-44(28)46-41(49-39)26-25-40-45(46)37-21-10-20-36(48(37)51-40)43-32-16-5-3-14-30(32)42(31-15-4-6-17-33(31)43)35-19-9-18-34-29-13-7-8-22-38(29)50-47(34)35/h1-26H. The molecule has 0 aliphatic rings. The van der Waals surface area contributed by atoms with Gasteiger partial charge in [0.05, 0.1) is 0 Å². The maximum atomic E-state index is 6.92. The van der Waals surface area contributed by atoms with E-state index >= 15 is 0 Å². The van der Waals surface area contributed by atoms with E-state index in [2.05, 4.69) is 146 Å². The van der Waals surface area contributed by atoms with Gasteiger partial charge in [-0.15, -0.1) is 0 Å². The van der Waals surface area contributed by atoms with Crippen molar-refractivity contribution in [3.63, 3.8) is 0 Å². The van der Waals surface area contributed by atoms with Crippen LogP contribution in [0.1, 0.15) is 0 Å². The third kappa shape index (κ3) is 3.57. The Kier molecular flexibility index (Phi) is 5.23. The van der Waals surface area contributed by atoms with Crippen LogP contribution in [-0.4, -0.2) is 0 Å². The summed E-state index contributed by atoms with van der Waals surface area (Å²) in [6.45, 7) is 0. The quantitative estimate of drug-likeness (QED) is 0.175. The SMILES string of the molecule is c1ccc2c(c1)ccc1oc3ccc4oc5c(-c6c7ccccc7c(-c7cccc8c7oc7ccccc78)c7ccccc67)cccc5c4c3c12. The second kappa shape index (κ2) is 9.87. The van der Waals surface area contributed by atoms with E-state index in [0.29, 0.717) is 0 Å².